The molecule has 14 heavy (non-hydrogen) atoms. The summed E-state index contributed by atoms with van der Waals surface area (Å²) in [5, 5.41) is 1.32. The summed E-state index contributed by atoms with van der Waals surface area (Å²) >= 11 is 0. The molecule has 6 nitrogen and oxygen atoms in total. The molecule has 0 aromatic rings. The Morgan fingerprint density at radius 2 is 2.29 bits per heavy atom. The van der Waals surface area contributed by atoms with Gasteiger partial charge in [0.25, 0.3) is 0 Å². The lowest BCUT2D eigenvalue weighted by Gasteiger charge is -2.27. The summed E-state index contributed by atoms with van der Waals surface area (Å²) in [5.41, 5.74) is 5.21. The van der Waals surface area contributed by atoms with Crippen LogP contribution in [0.3, 0.4) is 0 Å². The van der Waals surface area contributed by atoms with Crippen LogP contribution >= 0.6 is 0 Å². The van der Waals surface area contributed by atoms with E-state index < -0.39 is 11.9 Å². The number of hydroxylamine groups is 2. The van der Waals surface area contributed by atoms with Gasteiger partial charge in [-0.05, 0) is 12.8 Å². The largest absolute Gasteiger partial charge is 0.368 e. The molecule has 0 aromatic carbocycles. The van der Waals surface area contributed by atoms with Gasteiger partial charge in [-0.25, -0.2) is 4.79 Å². The van der Waals surface area contributed by atoms with E-state index in [0.717, 1.165) is 6.42 Å². The van der Waals surface area contributed by atoms with Crippen molar-refractivity contribution in [3.63, 3.8) is 0 Å². The van der Waals surface area contributed by atoms with Crippen LogP contribution in [0.15, 0.2) is 0 Å². The highest BCUT2D eigenvalue weighted by atomic mass is 16.7. The van der Waals surface area contributed by atoms with Crippen LogP contribution in [0.4, 0.5) is 4.79 Å². The second-order valence-corrected chi connectivity index (χ2v) is 3.59. The fourth-order valence-corrected chi connectivity index (χ4v) is 2.16. The molecule has 78 valence electrons. The molecule has 2 bridgehead atoms. The number of carbonyl (C=O) groups is 2. The lowest BCUT2D eigenvalue weighted by atomic mass is 10.0. The predicted molar refractivity (Wildman–Crippen MR) is 47.0 cm³/mol. The minimum atomic E-state index is -0.459. The van der Waals surface area contributed by atoms with Crippen LogP contribution in [-0.2, 0) is 9.63 Å². The van der Waals surface area contributed by atoms with Crippen LogP contribution < -0.4 is 5.73 Å². The number of fused-ring (bicyclic) bond motifs is 2. The van der Waals surface area contributed by atoms with E-state index in [2.05, 4.69) is 0 Å². The van der Waals surface area contributed by atoms with Crippen molar-refractivity contribution < 1.29 is 14.4 Å². The summed E-state index contributed by atoms with van der Waals surface area (Å²) < 4.78 is 0. The van der Waals surface area contributed by atoms with E-state index in [1.165, 1.54) is 17.1 Å². The molecule has 0 unspecified atom stereocenters. The molecule has 2 rings (SSSR count). The Labute approximate surface area is 81.5 Å². The summed E-state index contributed by atoms with van der Waals surface area (Å²) in [6.45, 7) is 0.542. The van der Waals surface area contributed by atoms with Gasteiger partial charge in [0, 0.05) is 6.54 Å². The monoisotopic (exact) mass is 199 g/mol. The Morgan fingerprint density at radius 3 is 2.86 bits per heavy atom. The van der Waals surface area contributed by atoms with Gasteiger partial charge in [-0.2, -0.15) is 5.06 Å². The van der Waals surface area contributed by atoms with Crippen LogP contribution in [0.2, 0.25) is 0 Å². The molecular weight excluding hydrogens is 186 g/mol. The number of carbonyl (C=O) groups excluding carboxylic acids is 2. The number of rotatable bonds is 2. The first-order chi connectivity index (χ1) is 6.65. The smallest absolute Gasteiger partial charge is 0.345 e. The van der Waals surface area contributed by atoms with E-state index in [9.17, 15) is 9.59 Å². The van der Waals surface area contributed by atoms with Gasteiger partial charge in [0.2, 0.25) is 5.91 Å². The van der Waals surface area contributed by atoms with Crippen molar-refractivity contribution in [3.05, 3.63) is 0 Å². The maximum absolute atomic E-state index is 11.7. The highest BCUT2D eigenvalue weighted by molar-refractivity contribution is 5.87. The Kier molecular flexibility index (Phi) is 2.07. The van der Waals surface area contributed by atoms with Crippen molar-refractivity contribution in [2.45, 2.75) is 24.9 Å². The van der Waals surface area contributed by atoms with Crippen molar-refractivity contribution >= 4 is 11.9 Å². The average Bonchev–Trinajstić information content (AvgIpc) is 2.39. The maximum Gasteiger partial charge on any atom is 0.345 e. The average molecular weight is 199 g/mol. The molecule has 0 aliphatic carbocycles. The highest BCUT2D eigenvalue weighted by Gasteiger charge is 2.46. The third-order valence-corrected chi connectivity index (χ3v) is 2.85. The third kappa shape index (κ3) is 1.14. The topological polar surface area (TPSA) is 75.9 Å². The van der Waals surface area contributed by atoms with E-state index >= 15 is 0 Å². The van der Waals surface area contributed by atoms with Crippen LogP contribution in [-0.4, -0.2) is 47.6 Å². The number of urea groups is 1. The van der Waals surface area contributed by atoms with Crippen molar-refractivity contribution in [1.29, 1.82) is 0 Å². The first kappa shape index (κ1) is 9.26. The van der Waals surface area contributed by atoms with Gasteiger partial charge in [-0.1, -0.05) is 0 Å². The zero-order chi connectivity index (χ0) is 10.3. The highest BCUT2D eigenvalue weighted by Crippen LogP contribution is 2.29. The molecule has 2 aliphatic heterocycles. The SMILES string of the molecule is CON1C(=O)N2C[C@H]1CC[C@H]2C(N)=O. The number of primary amides is 1. The van der Waals surface area contributed by atoms with Gasteiger partial charge in [-0.3, -0.25) is 9.63 Å². The third-order valence-electron chi connectivity index (χ3n) is 2.85. The Bertz CT molecular complexity index is 281. The van der Waals surface area contributed by atoms with E-state index in [4.69, 9.17) is 10.6 Å². The van der Waals surface area contributed by atoms with Crippen LogP contribution in [0.25, 0.3) is 0 Å². The minimum absolute atomic E-state index is 0.0723. The molecule has 0 radical (unpaired) electrons. The van der Waals surface area contributed by atoms with Crippen molar-refractivity contribution in [1.82, 2.24) is 9.96 Å². The molecule has 2 fully saturated rings. The van der Waals surface area contributed by atoms with Crippen LogP contribution in [0.1, 0.15) is 12.8 Å². The second kappa shape index (κ2) is 3.13. The predicted octanol–water partition coefficient (Wildman–Crippen LogP) is -0.698. The minimum Gasteiger partial charge on any atom is -0.368 e. The van der Waals surface area contributed by atoms with E-state index in [1.54, 1.807) is 0 Å². The van der Waals surface area contributed by atoms with Gasteiger partial charge in [0.1, 0.15) is 6.04 Å². The van der Waals surface area contributed by atoms with E-state index in [-0.39, 0.29) is 12.1 Å². The number of nitrogens with zero attached hydrogens (tertiary/aromatic N) is 2. The van der Waals surface area contributed by atoms with Crippen molar-refractivity contribution in [2.75, 3.05) is 13.7 Å². The van der Waals surface area contributed by atoms with Gasteiger partial charge in [0.05, 0.1) is 13.2 Å². The first-order valence-electron chi connectivity index (χ1n) is 4.58. The quantitative estimate of drug-likeness (QED) is 0.639. The lowest BCUT2D eigenvalue weighted by Crippen LogP contribution is -2.47. The number of hydrogen-bond acceptors (Lipinski definition) is 3. The zero-order valence-electron chi connectivity index (χ0n) is 7.97. The molecule has 6 heteroatoms. The standard InChI is InChI=1S/C8H13N3O3/c1-14-11-5-2-3-6(7(9)12)10(4-5)8(11)13/h5-6H,2-4H2,1H3,(H2,9,12)/t5-,6+/m1/s1. The molecule has 2 N–H and O–H groups in total. The molecule has 2 saturated heterocycles. The van der Waals surface area contributed by atoms with Gasteiger partial charge in [0.15, 0.2) is 0 Å². The summed E-state index contributed by atoms with van der Waals surface area (Å²) in [6, 6.07) is -0.638. The van der Waals surface area contributed by atoms with E-state index in [0.29, 0.717) is 13.0 Å². The molecule has 0 saturated carbocycles. The summed E-state index contributed by atoms with van der Waals surface area (Å²) in [6.07, 6.45) is 1.40. The summed E-state index contributed by atoms with van der Waals surface area (Å²) in [5.74, 6) is -0.435. The van der Waals surface area contributed by atoms with Gasteiger partial charge in [-0.15, -0.1) is 0 Å². The van der Waals surface area contributed by atoms with Crippen LogP contribution in [0.5, 0.6) is 0 Å². The Morgan fingerprint density at radius 1 is 1.57 bits per heavy atom. The first-order valence-corrected chi connectivity index (χ1v) is 4.58. The van der Waals surface area contributed by atoms with Gasteiger partial charge >= 0.3 is 6.03 Å². The number of piperidine rings is 1. The maximum atomic E-state index is 11.7. The fraction of sp³-hybridized carbons (Fsp3) is 0.750. The summed E-state index contributed by atoms with van der Waals surface area (Å²) in [7, 11) is 1.46. The summed E-state index contributed by atoms with van der Waals surface area (Å²) in [4.78, 5) is 29.1. The molecule has 2 atom stereocenters. The van der Waals surface area contributed by atoms with Gasteiger partial charge < -0.3 is 10.6 Å². The Hall–Kier alpha value is -1.30. The molecule has 0 spiro atoms. The normalized spacial score (nSPS) is 31.1. The molecule has 3 amide bonds. The Balaban J connectivity index is 2.20. The fourth-order valence-electron chi connectivity index (χ4n) is 2.16. The second-order valence-electron chi connectivity index (χ2n) is 3.59. The van der Waals surface area contributed by atoms with Crippen molar-refractivity contribution in [2.24, 2.45) is 5.73 Å². The van der Waals surface area contributed by atoms with Crippen molar-refractivity contribution in [3.8, 4) is 0 Å². The molecule has 2 aliphatic rings. The van der Waals surface area contributed by atoms with Crippen LogP contribution in [0, 0.1) is 0 Å². The number of hydrogen-bond donors (Lipinski definition) is 1. The zero-order valence-corrected chi connectivity index (χ0v) is 7.97. The molecular formula is C8H13N3O3. The molecule has 0 aromatic heterocycles. The molecule has 2 heterocycles. The lowest BCUT2D eigenvalue weighted by molar-refractivity contribution is -0.122. The number of amides is 3. The van der Waals surface area contributed by atoms with E-state index in [1.807, 2.05) is 0 Å². The number of nitrogens with two attached hydrogens (primary N) is 1.